The van der Waals surface area contributed by atoms with E-state index in [4.69, 9.17) is 9.47 Å². The molecule has 32 heavy (non-hydrogen) atoms. The Morgan fingerprint density at radius 2 is 1.88 bits per heavy atom. The fourth-order valence-electron chi connectivity index (χ4n) is 3.37. The Hall–Kier alpha value is -2.87. The van der Waals surface area contributed by atoms with E-state index in [1.807, 2.05) is 49.6 Å². The predicted octanol–water partition coefficient (Wildman–Crippen LogP) is 3.46. The Labute approximate surface area is 190 Å². The van der Waals surface area contributed by atoms with Crippen molar-refractivity contribution in [2.75, 3.05) is 27.3 Å². The second-order valence-corrected chi connectivity index (χ2v) is 8.22. The van der Waals surface area contributed by atoms with E-state index in [0.717, 1.165) is 22.4 Å². The van der Waals surface area contributed by atoms with Crippen molar-refractivity contribution in [3.63, 3.8) is 0 Å². The number of hydrogen-bond donors (Lipinski definition) is 3. The number of benzene rings is 2. The van der Waals surface area contributed by atoms with E-state index in [9.17, 15) is 5.11 Å². The topological polar surface area (TPSA) is 82.6 Å². The van der Waals surface area contributed by atoms with Crippen LogP contribution in [0.4, 0.5) is 0 Å². The summed E-state index contributed by atoms with van der Waals surface area (Å²) < 4.78 is 11.3. The Kier molecular flexibility index (Phi) is 8.67. The fourth-order valence-corrected chi connectivity index (χ4v) is 3.37. The van der Waals surface area contributed by atoms with Gasteiger partial charge in [-0.2, -0.15) is 5.10 Å². The molecule has 3 N–H and O–H groups in total. The van der Waals surface area contributed by atoms with Gasteiger partial charge in [0, 0.05) is 31.2 Å². The highest BCUT2D eigenvalue weighted by Crippen LogP contribution is 2.28. The Morgan fingerprint density at radius 1 is 1.09 bits per heavy atom. The second-order valence-electron chi connectivity index (χ2n) is 8.22. The van der Waals surface area contributed by atoms with Gasteiger partial charge in [0.1, 0.15) is 12.7 Å². The highest BCUT2D eigenvalue weighted by Gasteiger charge is 2.14. The van der Waals surface area contributed by atoms with Crippen molar-refractivity contribution in [3.05, 3.63) is 65.9 Å². The van der Waals surface area contributed by atoms with Crippen molar-refractivity contribution >= 4 is 0 Å². The number of nitrogens with one attached hydrogen (secondary N) is 2. The molecule has 1 aromatic heterocycles. The van der Waals surface area contributed by atoms with E-state index in [2.05, 4.69) is 46.4 Å². The summed E-state index contributed by atoms with van der Waals surface area (Å²) in [6.07, 6.45) is 1.28. The predicted molar refractivity (Wildman–Crippen MR) is 127 cm³/mol. The average Bonchev–Trinajstić information content (AvgIpc) is 3.27. The number of aromatic nitrogens is 2. The lowest BCUT2D eigenvalue weighted by atomic mass is 10.1. The largest absolute Gasteiger partial charge is 0.493 e. The zero-order chi connectivity index (χ0) is 22.9. The molecule has 1 unspecified atom stereocenters. The molecule has 1 atom stereocenters. The van der Waals surface area contributed by atoms with E-state index >= 15 is 0 Å². The molecule has 7 nitrogen and oxygen atoms in total. The van der Waals surface area contributed by atoms with Crippen molar-refractivity contribution in [2.45, 2.75) is 39.1 Å². The van der Waals surface area contributed by atoms with Gasteiger partial charge in [-0.3, -0.25) is 5.10 Å². The van der Waals surface area contributed by atoms with Crippen molar-refractivity contribution in [2.24, 2.45) is 0 Å². The third kappa shape index (κ3) is 6.56. The lowest BCUT2D eigenvalue weighted by Gasteiger charge is -2.24. The first kappa shape index (κ1) is 23.8. The maximum Gasteiger partial charge on any atom is 0.161 e. The summed E-state index contributed by atoms with van der Waals surface area (Å²) in [5, 5.41) is 21.1. The highest BCUT2D eigenvalue weighted by molar-refractivity contribution is 5.62. The van der Waals surface area contributed by atoms with Crippen LogP contribution < -0.4 is 14.8 Å². The summed E-state index contributed by atoms with van der Waals surface area (Å²) in [6, 6.07) is 16.4. The first-order valence-electron chi connectivity index (χ1n) is 10.9. The fraction of sp³-hybridized carbons (Fsp3) is 0.400. The summed E-state index contributed by atoms with van der Waals surface area (Å²) >= 11 is 0. The smallest absolute Gasteiger partial charge is 0.161 e. The van der Waals surface area contributed by atoms with Gasteiger partial charge in [-0.1, -0.05) is 36.4 Å². The average molecular weight is 439 g/mol. The molecular formula is C25H34N4O3. The molecule has 7 heteroatoms. The van der Waals surface area contributed by atoms with Gasteiger partial charge in [0.2, 0.25) is 0 Å². The lowest BCUT2D eigenvalue weighted by Crippen LogP contribution is -2.37. The van der Waals surface area contributed by atoms with Crippen LogP contribution in [-0.2, 0) is 13.1 Å². The Morgan fingerprint density at radius 3 is 2.59 bits per heavy atom. The Bertz CT molecular complexity index is 959. The quantitative estimate of drug-likeness (QED) is 0.402. The van der Waals surface area contributed by atoms with Gasteiger partial charge >= 0.3 is 0 Å². The van der Waals surface area contributed by atoms with Crippen LogP contribution in [-0.4, -0.2) is 59.7 Å². The third-order valence-corrected chi connectivity index (χ3v) is 5.46. The normalized spacial score (nSPS) is 12.3. The number of aromatic amines is 1. The van der Waals surface area contributed by atoms with E-state index in [1.54, 1.807) is 7.11 Å². The van der Waals surface area contributed by atoms with Crippen LogP contribution in [0.3, 0.4) is 0 Å². The SMILES string of the molecule is COc1ccc(CNCc2cn[nH]c2-c2ccccc2)cc1OCC(O)CN(C)C(C)C. The van der Waals surface area contributed by atoms with E-state index in [-0.39, 0.29) is 6.61 Å². The lowest BCUT2D eigenvalue weighted by molar-refractivity contribution is 0.0668. The molecular weight excluding hydrogens is 404 g/mol. The molecule has 0 radical (unpaired) electrons. The summed E-state index contributed by atoms with van der Waals surface area (Å²) in [7, 11) is 3.61. The van der Waals surface area contributed by atoms with Crippen LogP contribution in [0.5, 0.6) is 11.5 Å². The molecule has 2 aromatic carbocycles. The van der Waals surface area contributed by atoms with Crippen LogP contribution in [0.2, 0.25) is 0 Å². The molecule has 0 saturated carbocycles. The number of aliphatic hydroxyl groups is 1. The molecule has 0 amide bonds. The first-order chi connectivity index (χ1) is 15.5. The molecule has 0 aliphatic rings. The first-order valence-corrected chi connectivity index (χ1v) is 10.9. The van der Waals surface area contributed by atoms with Crippen molar-refractivity contribution in [3.8, 4) is 22.8 Å². The maximum atomic E-state index is 10.3. The standard InChI is InChI=1S/C25H34N4O3/c1-18(2)29(3)16-22(30)17-32-24-12-19(10-11-23(24)31-4)13-26-14-21-15-27-28-25(21)20-8-6-5-7-9-20/h5-12,15,18,22,26,30H,13-14,16-17H2,1-4H3,(H,27,28). The number of H-pyrrole nitrogens is 1. The van der Waals surface area contributed by atoms with E-state index < -0.39 is 6.10 Å². The number of nitrogens with zero attached hydrogens (tertiary/aromatic N) is 2. The molecule has 3 aromatic rings. The molecule has 0 saturated heterocycles. The summed E-state index contributed by atoms with van der Waals surface area (Å²) in [5.74, 6) is 1.28. The van der Waals surface area contributed by atoms with E-state index in [0.29, 0.717) is 37.2 Å². The number of aliphatic hydroxyl groups excluding tert-OH is 1. The number of methoxy groups -OCH3 is 1. The number of ether oxygens (including phenoxy) is 2. The van der Waals surface area contributed by atoms with Gasteiger partial charge in [-0.15, -0.1) is 0 Å². The summed E-state index contributed by atoms with van der Waals surface area (Å²) in [6.45, 7) is 6.30. The Balaban J connectivity index is 1.57. The van der Waals surface area contributed by atoms with Gasteiger partial charge in [-0.25, -0.2) is 0 Å². The molecule has 0 aliphatic heterocycles. The third-order valence-electron chi connectivity index (χ3n) is 5.46. The monoisotopic (exact) mass is 438 g/mol. The molecule has 0 aliphatic carbocycles. The summed E-state index contributed by atoms with van der Waals surface area (Å²) in [4.78, 5) is 2.09. The minimum Gasteiger partial charge on any atom is -0.493 e. The van der Waals surface area contributed by atoms with Crippen LogP contribution >= 0.6 is 0 Å². The van der Waals surface area contributed by atoms with Crippen LogP contribution in [0, 0.1) is 0 Å². The van der Waals surface area contributed by atoms with Crippen LogP contribution in [0.15, 0.2) is 54.7 Å². The van der Waals surface area contributed by atoms with Gasteiger partial charge in [-0.05, 0) is 44.2 Å². The van der Waals surface area contributed by atoms with E-state index in [1.165, 1.54) is 0 Å². The van der Waals surface area contributed by atoms with Gasteiger partial charge in [0.25, 0.3) is 0 Å². The number of rotatable bonds is 12. The van der Waals surface area contributed by atoms with Gasteiger partial charge in [0.05, 0.1) is 19.0 Å². The molecule has 0 fully saturated rings. The van der Waals surface area contributed by atoms with Crippen molar-refractivity contribution < 1.29 is 14.6 Å². The highest BCUT2D eigenvalue weighted by atomic mass is 16.5. The molecule has 1 heterocycles. The minimum absolute atomic E-state index is 0.208. The summed E-state index contributed by atoms with van der Waals surface area (Å²) in [5.41, 5.74) is 4.32. The van der Waals surface area contributed by atoms with Crippen molar-refractivity contribution in [1.82, 2.24) is 20.4 Å². The number of likely N-dealkylation sites (N-methyl/N-ethyl adjacent to an activating group) is 1. The zero-order valence-electron chi connectivity index (χ0n) is 19.3. The molecule has 172 valence electrons. The van der Waals surface area contributed by atoms with Crippen LogP contribution in [0.25, 0.3) is 11.3 Å². The van der Waals surface area contributed by atoms with Crippen molar-refractivity contribution in [1.29, 1.82) is 0 Å². The second kappa shape index (κ2) is 11.7. The molecule has 0 spiro atoms. The minimum atomic E-state index is -0.577. The number of hydrogen-bond acceptors (Lipinski definition) is 6. The zero-order valence-corrected chi connectivity index (χ0v) is 19.3. The maximum absolute atomic E-state index is 10.3. The van der Waals surface area contributed by atoms with Gasteiger partial charge < -0.3 is 24.8 Å². The molecule has 0 bridgehead atoms. The molecule has 3 rings (SSSR count). The van der Waals surface area contributed by atoms with Crippen LogP contribution in [0.1, 0.15) is 25.0 Å². The van der Waals surface area contributed by atoms with Gasteiger partial charge in [0.15, 0.2) is 11.5 Å².